The van der Waals surface area contributed by atoms with E-state index in [1.165, 1.54) is 23.1 Å². The van der Waals surface area contributed by atoms with Crippen molar-refractivity contribution in [3.8, 4) is 0 Å². The van der Waals surface area contributed by atoms with Crippen LogP contribution in [0.15, 0.2) is 40.2 Å². The maximum atomic E-state index is 11.6. The first-order chi connectivity index (χ1) is 8.25. The van der Waals surface area contributed by atoms with Gasteiger partial charge in [0.05, 0.1) is 17.1 Å². The molecule has 2 rings (SSSR count). The molecule has 0 fully saturated rings. The van der Waals surface area contributed by atoms with Gasteiger partial charge in [-0.05, 0) is 12.1 Å². The van der Waals surface area contributed by atoms with E-state index in [1.807, 2.05) is 17.5 Å². The van der Waals surface area contributed by atoms with Crippen LogP contribution in [0.3, 0.4) is 0 Å². The zero-order chi connectivity index (χ0) is 12.1. The van der Waals surface area contributed by atoms with Gasteiger partial charge >= 0.3 is 0 Å². The standard InChI is InChI=1S/C11H11N3OS2/c12-8-3-1-2-4-9(8)14-10(15)7-17-11-13-5-6-16-11/h1-6H,7,12H2,(H,14,15). The van der Waals surface area contributed by atoms with E-state index in [4.69, 9.17) is 5.73 Å². The number of anilines is 2. The van der Waals surface area contributed by atoms with E-state index in [9.17, 15) is 4.79 Å². The Balaban J connectivity index is 1.87. The van der Waals surface area contributed by atoms with Gasteiger partial charge in [-0.15, -0.1) is 11.3 Å². The summed E-state index contributed by atoms with van der Waals surface area (Å²) in [4.78, 5) is 15.7. The van der Waals surface area contributed by atoms with Crippen molar-refractivity contribution >= 4 is 40.4 Å². The van der Waals surface area contributed by atoms with Gasteiger partial charge in [0.1, 0.15) is 4.34 Å². The molecule has 1 heterocycles. The molecule has 0 atom stereocenters. The Morgan fingerprint density at radius 3 is 3.00 bits per heavy atom. The molecule has 4 nitrogen and oxygen atoms in total. The molecule has 0 saturated heterocycles. The quantitative estimate of drug-likeness (QED) is 0.658. The second kappa shape index (κ2) is 5.70. The fourth-order valence-corrected chi connectivity index (χ4v) is 2.64. The molecule has 6 heteroatoms. The fraction of sp³-hybridized carbons (Fsp3) is 0.0909. The monoisotopic (exact) mass is 265 g/mol. The Bertz CT molecular complexity index is 499. The van der Waals surface area contributed by atoms with Gasteiger partial charge in [-0.25, -0.2) is 4.98 Å². The van der Waals surface area contributed by atoms with Crippen molar-refractivity contribution < 1.29 is 4.79 Å². The average Bonchev–Trinajstić information content (AvgIpc) is 2.82. The highest BCUT2D eigenvalue weighted by atomic mass is 32.2. The number of nitrogens with two attached hydrogens (primary N) is 1. The lowest BCUT2D eigenvalue weighted by Crippen LogP contribution is -2.15. The smallest absolute Gasteiger partial charge is 0.234 e. The van der Waals surface area contributed by atoms with Crippen LogP contribution in [0.1, 0.15) is 0 Å². The highest BCUT2D eigenvalue weighted by Crippen LogP contribution is 2.21. The van der Waals surface area contributed by atoms with Crippen molar-refractivity contribution in [2.24, 2.45) is 0 Å². The van der Waals surface area contributed by atoms with Gasteiger partial charge in [0.15, 0.2) is 0 Å². The van der Waals surface area contributed by atoms with E-state index in [2.05, 4.69) is 10.3 Å². The lowest BCUT2D eigenvalue weighted by atomic mass is 10.3. The number of nitrogens with one attached hydrogen (secondary N) is 1. The van der Waals surface area contributed by atoms with Crippen LogP contribution in [0.2, 0.25) is 0 Å². The Labute approximate surface area is 107 Å². The number of para-hydroxylation sites is 2. The molecule has 0 radical (unpaired) electrons. The number of hydrogen-bond donors (Lipinski definition) is 2. The van der Waals surface area contributed by atoms with Crippen molar-refractivity contribution in [2.75, 3.05) is 16.8 Å². The number of amides is 1. The van der Waals surface area contributed by atoms with Crippen LogP contribution in [0, 0.1) is 0 Å². The Hall–Kier alpha value is -1.53. The maximum absolute atomic E-state index is 11.6. The van der Waals surface area contributed by atoms with Crippen molar-refractivity contribution in [3.63, 3.8) is 0 Å². The summed E-state index contributed by atoms with van der Waals surface area (Å²) in [6.45, 7) is 0. The average molecular weight is 265 g/mol. The summed E-state index contributed by atoms with van der Waals surface area (Å²) in [6.07, 6.45) is 1.72. The minimum absolute atomic E-state index is 0.0805. The number of rotatable bonds is 4. The summed E-state index contributed by atoms with van der Waals surface area (Å²) in [5.41, 5.74) is 6.95. The molecule has 17 heavy (non-hydrogen) atoms. The fourth-order valence-electron chi connectivity index (χ4n) is 1.21. The molecule has 0 unspecified atom stereocenters. The van der Waals surface area contributed by atoms with Crippen LogP contribution in [-0.2, 0) is 4.79 Å². The summed E-state index contributed by atoms with van der Waals surface area (Å²) in [5, 5.41) is 4.65. The molecular formula is C11H11N3OS2. The summed E-state index contributed by atoms with van der Waals surface area (Å²) in [5.74, 6) is 0.255. The highest BCUT2D eigenvalue weighted by Gasteiger charge is 2.06. The van der Waals surface area contributed by atoms with Crippen LogP contribution in [0.5, 0.6) is 0 Å². The van der Waals surface area contributed by atoms with Crippen LogP contribution in [-0.4, -0.2) is 16.6 Å². The molecule has 88 valence electrons. The van der Waals surface area contributed by atoms with Gasteiger partial charge in [-0.3, -0.25) is 4.79 Å². The Kier molecular flexibility index (Phi) is 4.00. The third-order valence-electron chi connectivity index (χ3n) is 1.97. The number of nitrogens with zero attached hydrogens (tertiary/aromatic N) is 1. The minimum Gasteiger partial charge on any atom is -0.397 e. The number of benzene rings is 1. The topological polar surface area (TPSA) is 68.0 Å². The third kappa shape index (κ3) is 3.47. The molecular weight excluding hydrogens is 254 g/mol. The molecule has 2 aromatic rings. The molecule has 0 bridgehead atoms. The first-order valence-electron chi connectivity index (χ1n) is 4.92. The highest BCUT2D eigenvalue weighted by molar-refractivity contribution is 8.01. The van der Waals surface area contributed by atoms with Crippen LogP contribution in [0.4, 0.5) is 11.4 Å². The van der Waals surface area contributed by atoms with Crippen molar-refractivity contribution in [1.29, 1.82) is 0 Å². The SMILES string of the molecule is Nc1ccccc1NC(=O)CSc1nccs1. The molecule has 1 aromatic carbocycles. The normalized spacial score (nSPS) is 10.1. The van der Waals surface area contributed by atoms with Gasteiger partial charge in [-0.2, -0.15) is 0 Å². The molecule has 1 amide bonds. The van der Waals surface area contributed by atoms with Gasteiger partial charge in [0, 0.05) is 11.6 Å². The molecule has 0 saturated carbocycles. The molecule has 3 N–H and O–H groups in total. The molecule has 0 aliphatic heterocycles. The number of nitrogen functional groups attached to an aromatic ring is 1. The van der Waals surface area contributed by atoms with E-state index < -0.39 is 0 Å². The van der Waals surface area contributed by atoms with E-state index >= 15 is 0 Å². The van der Waals surface area contributed by atoms with Crippen molar-refractivity contribution in [1.82, 2.24) is 4.98 Å². The van der Waals surface area contributed by atoms with Gasteiger partial charge in [0.2, 0.25) is 5.91 Å². The summed E-state index contributed by atoms with van der Waals surface area (Å²) in [6, 6.07) is 7.19. The van der Waals surface area contributed by atoms with Crippen LogP contribution in [0.25, 0.3) is 0 Å². The van der Waals surface area contributed by atoms with E-state index in [0.29, 0.717) is 17.1 Å². The number of carbonyl (C=O) groups excluding carboxylic acids is 1. The molecule has 0 aliphatic carbocycles. The number of hydrogen-bond acceptors (Lipinski definition) is 5. The largest absolute Gasteiger partial charge is 0.397 e. The van der Waals surface area contributed by atoms with E-state index in [0.717, 1.165) is 4.34 Å². The first-order valence-corrected chi connectivity index (χ1v) is 6.79. The van der Waals surface area contributed by atoms with Crippen LogP contribution >= 0.6 is 23.1 Å². The van der Waals surface area contributed by atoms with Gasteiger partial charge < -0.3 is 11.1 Å². The van der Waals surface area contributed by atoms with Crippen molar-refractivity contribution in [2.45, 2.75) is 4.34 Å². The second-order valence-corrected chi connectivity index (χ2v) is 5.34. The number of thioether (sulfide) groups is 1. The predicted octanol–water partition coefficient (Wildman–Crippen LogP) is 2.46. The third-order valence-corrected chi connectivity index (χ3v) is 3.94. The van der Waals surface area contributed by atoms with Crippen LogP contribution < -0.4 is 11.1 Å². The summed E-state index contributed by atoms with van der Waals surface area (Å²) >= 11 is 2.94. The van der Waals surface area contributed by atoms with Gasteiger partial charge in [0.25, 0.3) is 0 Å². The Morgan fingerprint density at radius 1 is 1.47 bits per heavy atom. The lowest BCUT2D eigenvalue weighted by Gasteiger charge is -2.06. The molecule has 0 aliphatic rings. The van der Waals surface area contributed by atoms with E-state index in [-0.39, 0.29) is 5.91 Å². The maximum Gasteiger partial charge on any atom is 0.234 e. The zero-order valence-corrected chi connectivity index (χ0v) is 10.6. The lowest BCUT2D eigenvalue weighted by molar-refractivity contribution is -0.113. The molecule has 0 spiro atoms. The zero-order valence-electron chi connectivity index (χ0n) is 8.92. The number of thiazole rings is 1. The second-order valence-electron chi connectivity index (χ2n) is 3.22. The summed E-state index contributed by atoms with van der Waals surface area (Å²) in [7, 11) is 0. The first kappa shape index (κ1) is 11.9. The minimum atomic E-state index is -0.0805. The molecule has 1 aromatic heterocycles. The van der Waals surface area contributed by atoms with Gasteiger partial charge in [-0.1, -0.05) is 23.9 Å². The Morgan fingerprint density at radius 2 is 2.29 bits per heavy atom. The predicted molar refractivity (Wildman–Crippen MR) is 72.3 cm³/mol. The summed E-state index contributed by atoms with van der Waals surface area (Å²) < 4.78 is 0.890. The van der Waals surface area contributed by atoms with Crippen molar-refractivity contribution in [3.05, 3.63) is 35.8 Å². The number of carbonyl (C=O) groups is 1. The number of aromatic nitrogens is 1. The van der Waals surface area contributed by atoms with E-state index in [1.54, 1.807) is 18.3 Å².